The molecule has 0 aliphatic rings. The number of aryl methyl sites for hydroxylation is 2. The zero-order valence-electron chi connectivity index (χ0n) is 11.2. The summed E-state index contributed by atoms with van der Waals surface area (Å²) in [4.78, 5) is 23.0. The molecule has 0 aliphatic carbocycles. The minimum atomic E-state index is -1.02. The van der Waals surface area contributed by atoms with Crippen LogP contribution in [0.4, 0.5) is 0 Å². The van der Waals surface area contributed by atoms with E-state index in [0.717, 1.165) is 28.0 Å². The first-order valence-electron chi connectivity index (χ1n) is 5.85. The normalized spacial score (nSPS) is 11.2. The molecule has 104 valence electrons. The van der Waals surface area contributed by atoms with Gasteiger partial charge in [0.1, 0.15) is 9.71 Å². The van der Waals surface area contributed by atoms with Gasteiger partial charge in [0.25, 0.3) is 0 Å². The van der Waals surface area contributed by atoms with Gasteiger partial charge < -0.3 is 10.4 Å². The van der Waals surface area contributed by atoms with Gasteiger partial charge in [-0.2, -0.15) is 5.10 Å². The molecular formula is C13H13N3O3S. The van der Waals surface area contributed by atoms with Gasteiger partial charge in [-0.15, -0.1) is 16.4 Å². The summed E-state index contributed by atoms with van der Waals surface area (Å²) in [5, 5.41) is 20.6. The van der Waals surface area contributed by atoms with Crippen molar-refractivity contribution >= 4 is 39.5 Å². The van der Waals surface area contributed by atoms with E-state index in [0.29, 0.717) is 10.4 Å². The summed E-state index contributed by atoms with van der Waals surface area (Å²) < 4.78 is 0. The molecule has 1 amide bonds. The average Bonchev–Trinajstić information content (AvgIpc) is 2.73. The monoisotopic (exact) mass is 291 g/mol. The molecule has 6 nitrogen and oxygen atoms in total. The van der Waals surface area contributed by atoms with Gasteiger partial charge in [-0.1, -0.05) is 0 Å². The maximum Gasteiger partial charge on any atom is 0.346 e. The molecular weight excluding hydrogens is 278 g/mol. The van der Waals surface area contributed by atoms with Crippen LogP contribution < -0.4 is 5.32 Å². The van der Waals surface area contributed by atoms with Gasteiger partial charge in [-0.25, -0.2) is 4.79 Å². The first-order chi connectivity index (χ1) is 9.41. The van der Waals surface area contributed by atoms with Crippen molar-refractivity contribution in [1.82, 2.24) is 15.5 Å². The lowest BCUT2D eigenvalue weighted by Crippen LogP contribution is -2.11. The highest BCUT2D eigenvalue weighted by Crippen LogP contribution is 2.33. The average molecular weight is 291 g/mol. The van der Waals surface area contributed by atoms with Crippen molar-refractivity contribution in [2.45, 2.75) is 20.8 Å². The maximum absolute atomic E-state index is 11.3. The number of aromatic carboxylic acids is 1. The minimum absolute atomic E-state index is 0.185. The molecule has 20 heavy (non-hydrogen) atoms. The van der Waals surface area contributed by atoms with Crippen LogP contribution in [0, 0.1) is 13.8 Å². The third kappa shape index (κ3) is 2.53. The molecule has 0 aliphatic heterocycles. The van der Waals surface area contributed by atoms with E-state index in [1.165, 1.54) is 13.1 Å². The number of hydrogen-bond donors (Lipinski definition) is 2. The molecule has 0 fully saturated rings. The quantitative estimate of drug-likeness (QED) is 0.903. The minimum Gasteiger partial charge on any atom is -0.477 e. The highest BCUT2D eigenvalue weighted by molar-refractivity contribution is 7.20. The number of carboxylic acid groups (broad SMARTS) is 1. The third-order valence-electron chi connectivity index (χ3n) is 2.87. The molecule has 2 rings (SSSR count). The molecule has 0 atom stereocenters. The molecule has 0 bridgehead atoms. The fourth-order valence-corrected chi connectivity index (χ4v) is 2.81. The summed E-state index contributed by atoms with van der Waals surface area (Å²) in [6.07, 6.45) is 3.02. The Kier molecular flexibility index (Phi) is 3.80. The number of thiophene rings is 1. The lowest BCUT2D eigenvalue weighted by atomic mass is 10.1. The number of rotatable bonds is 3. The SMILES string of the molecule is CC(=O)NC=Cc1c(C(=O)O)sc2nnc(C)c(C)c12. The summed E-state index contributed by atoms with van der Waals surface area (Å²) in [6, 6.07) is 0. The van der Waals surface area contributed by atoms with Crippen LogP contribution in [0.5, 0.6) is 0 Å². The van der Waals surface area contributed by atoms with Gasteiger partial charge in [-0.05, 0) is 25.5 Å². The van der Waals surface area contributed by atoms with E-state index in [9.17, 15) is 14.7 Å². The number of fused-ring (bicyclic) bond motifs is 1. The number of nitrogens with one attached hydrogen (secondary N) is 1. The van der Waals surface area contributed by atoms with Crippen LogP contribution in [-0.4, -0.2) is 27.2 Å². The zero-order valence-corrected chi connectivity index (χ0v) is 12.0. The molecule has 2 aromatic rings. The molecule has 0 radical (unpaired) electrons. The van der Waals surface area contributed by atoms with Crippen LogP contribution in [0.15, 0.2) is 6.20 Å². The van der Waals surface area contributed by atoms with Gasteiger partial charge in [0.2, 0.25) is 5.91 Å². The molecule has 2 heterocycles. The number of carbonyl (C=O) groups excluding carboxylic acids is 1. The Morgan fingerprint density at radius 3 is 2.60 bits per heavy atom. The van der Waals surface area contributed by atoms with Crippen LogP contribution in [-0.2, 0) is 4.79 Å². The molecule has 0 spiro atoms. The Bertz CT molecular complexity index is 734. The maximum atomic E-state index is 11.3. The Labute approximate surface area is 119 Å². The topological polar surface area (TPSA) is 92.2 Å². The van der Waals surface area contributed by atoms with Crippen LogP contribution >= 0.6 is 11.3 Å². The number of aromatic nitrogens is 2. The second kappa shape index (κ2) is 5.38. The zero-order chi connectivity index (χ0) is 14.9. The second-order valence-corrected chi connectivity index (χ2v) is 5.27. The van der Waals surface area contributed by atoms with Crippen LogP contribution in [0.3, 0.4) is 0 Å². The molecule has 2 N–H and O–H groups in total. The van der Waals surface area contributed by atoms with Crippen molar-refractivity contribution in [3.05, 3.63) is 27.9 Å². The number of carbonyl (C=O) groups is 2. The van der Waals surface area contributed by atoms with E-state index in [-0.39, 0.29) is 10.8 Å². The van der Waals surface area contributed by atoms with E-state index in [4.69, 9.17) is 0 Å². The van der Waals surface area contributed by atoms with E-state index in [1.54, 1.807) is 6.08 Å². The van der Waals surface area contributed by atoms with Crippen LogP contribution in [0.2, 0.25) is 0 Å². The summed E-state index contributed by atoms with van der Waals surface area (Å²) >= 11 is 1.08. The molecule has 0 saturated carbocycles. The second-order valence-electron chi connectivity index (χ2n) is 4.27. The van der Waals surface area contributed by atoms with Crippen molar-refractivity contribution in [1.29, 1.82) is 0 Å². The van der Waals surface area contributed by atoms with Crippen molar-refractivity contribution < 1.29 is 14.7 Å². The summed E-state index contributed by atoms with van der Waals surface area (Å²) in [5.41, 5.74) is 2.18. The molecule has 0 saturated heterocycles. The van der Waals surface area contributed by atoms with E-state index in [2.05, 4.69) is 15.5 Å². The highest BCUT2D eigenvalue weighted by Gasteiger charge is 2.19. The van der Waals surface area contributed by atoms with Gasteiger partial charge >= 0.3 is 5.97 Å². The number of nitrogens with zero attached hydrogens (tertiary/aromatic N) is 2. The van der Waals surface area contributed by atoms with Gasteiger partial charge in [0, 0.05) is 24.1 Å². The van der Waals surface area contributed by atoms with Crippen LogP contribution in [0.25, 0.3) is 16.3 Å². The number of hydrogen-bond acceptors (Lipinski definition) is 5. The van der Waals surface area contributed by atoms with E-state index >= 15 is 0 Å². The Morgan fingerprint density at radius 2 is 2.00 bits per heavy atom. The molecule has 0 unspecified atom stereocenters. The van der Waals surface area contributed by atoms with Crippen molar-refractivity contribution in [3.63, 3.8) is 0 Å². The largest absolute Gasteiger partial charge is 0.477 e. The van der Waals surface area contributed by atoms with Gasteiger partial charge in [0.15, 0.2) is 0 Å². The standard InChI is InChI=1S/C13H13N3O3S/c1-6-7(2)15-16-12-10(6)9(4-5-14-8(3)17)11(20-12)13(18)19/h4-5H,1-3H3,(H,14,17)(H,18,19). The Hall–Kier alpha value is -2.28. The summed E-state index contributed by atoms with van der Waals surface area (Å²) in [5.74, 6) is -1.24. The summed E-state index contributed by atoms with van der Waals surface area (Å²) in [6.45, 7) is 5.08. The third-order valence-corrected chi connectivity index (χ3v) is 3.94. The molecule has 2 aromatic heterocycles. The first-order valence-corrected chi connectivity index (χ1v) is 6.66. The van der Waals surface area contributed by atoms with Crippen LogP contribution in [0.1, 0.15) is 33.4 Å². The fraction of sp³-hybridized carbons (Fsp3) is 0.231. The van der Waals surface area contributed by atoms with Crippen molar-refractivity contribution in [2.75, 3.05) is 0 Å². The lowest BCUT2D eigenvalue weighted by Gasteiger charge is -2.01. The van der Waals surface area contributed by atoms with Crippen molar-refractivity contribution in [3.8, 4) is 0 Å². The van der Waals surface area contributed by atoms with Gasteiger partial charge in [-0.3, -0.25) is 4.79 Å². The Balaban J connectivity index is 2.67. The number of carboxylic acids is 1. The number of amides is 1. The smallest absolute Gasteiger partial charge is 0.346 e. The predicted molar refractivity (Wildman–Crippen MR) is 76.7 cm³/mol. The molecule has 0 aromatic carbocycles. The highest BCUT2D eigenvalue weighted by atomic mass is 32.1. The molecule has 7 heteroatoms. The Morgan fingerprint density at radius 1 is 1.30 bits per heavy atom. The van der Waals surface area contributed by atoms with Crippen molar-refractivity contribution in [2.24, 2.45) is 0 Å². The van der Waals surface area contributed by atoms with E-state index in [1.807, 2.05) is 13.8 Å². The fourth-order valence-electron chi connectivity index (χ4n) is 1.80. The van der Waals surface area contributed by atoms with E-state index < -0.39 is 5.97 Å². The lowest BCUT2D eigenvalue weighted by molar-refractivity contribution is -0.118. The summed E-state index contributed by atoms with van der Waals surface area (Å²) in [7, 11) is 0. The van der Waals surface area contributed by atoms with Gasteiger partial charge in [0.05, 0.1) is 5.69 Å². The predicted octanol–water partition coefficient (Wildman–Crippen LogP) is 2.11. The first kappa shape index (κ1) is 14.1.